The quantitative estimate of drug-likeness (QED) is 0.703. The molecule has 0 aromatic heterocycles. The summed E-state index contributed by atoms with van der Waals surface area (Å²) in [5, 5.41) is 12.9. The number of hydrogen-bond donors (Lipinski definition) is 3. The maximum atomic E-state index is 12.7. The number of alkyl halides is 3. The highest BCUT2D eigenvalue weighted by Gasteiger charge is 2.49. The lowest BCUT2D eigenvalue weighted by Gasteiger charge is -2.28. The van der Waals surface area contributed by atoms with Crippen LogP contribution in [-0.4, -0.2) is 34.9 Å². The van der Waals surface area contributed by atoms with Gasteiger partial charge >= 0.3 is 18.2 Å². The second-order valence-electron chi connectivity index (χ2n) is 5.73. The van der Waals surface area contributed by atoms with Crippen LogP contribution >= 0.6 is 0 Å². The summed E-state index contributed by atoms with van der Waals surface area (Å²) in [6, 6.07) is -2.76. The molecule has 1 saturated carbocycles. The maximum Gasteiger partial charge on any atom is 0.408 e. The molecule has 0 aromatic rings. The summed E-state index contributed by atoms with van der Waals surface area (Å²) < 4.78 is 38.2. The van der Waals surface area contributed by atoms with E-state index in [4.69, 9.17) is 5.11 Å². The Morgan fingerprint density at radius 1 is 1.30 bits per heavy atom. The van der Waals surface area contributed by atoms with E-state index in [0.717, 1.165) is 0 Å². The molecule has 0 saturated heterocycles. The van der Waals surface area contributed by atoms with Gasteiger partial charge in [0.2, 0.25) is 0 Å². The zero-order valence-corrected chi connectivity index (χ0v) is 11.4. The molecule has 1 atom stereocenters. The summed E-state index contributed by atoms with van der Waals surface area (Å²) in [6.07, 6.45) is -3.60. The highest BCUT2D eigenvalue weighted by molar-refractivity contribution is 5.75. The van der Waals surface area contributed by atoms with E-state index in [1.54, 1.807) is 13.8 Å². The molecule has 1 aliphatic carbocycles. The van der Waals surface area contributed by atoms with Gasteiger partial charge in [-0.2, -0.15) is 13.2 Å². The van der Waals surface area contributed by atoms with E-state index < -0.39 is 35.7 Å². The first kappa shape index (κ1) is 16.6. The van der Waals surface area contributed by atoms with Crippen LogP contribution in [0.4, 0.5) is 18.0 Å². The van der Waals surface area contributed by atoms with Crippen molar-refractivity contribution in [2.24, 2.45) is 5.92 Å². The number of carboxylic acid groups (broad SMARTS) is 1. The van der Waals surface area contributed by atoms with Gasteiger partial charge in [-0.25, -0.2) is 4.79 Å². The fourth-order valence-electron chi connectivity index (χ4n) is 1.86. The van der Waals surface area contributed by atoms with Crippen molar-refractivity contribution in [3.8, 4) is 0 Å². The molecule has 0 spiro atoms. The number of carbonyl (C=O) groups excluding carboxylic acids is 1. The molecule has 0 heterocycles. The lowest BCUT2D eigenvalue weighted by Crippen LogP contribution is -2.55. The number of urea groups is 1. The first-order chi connectivity index (χ1) is 9.01. The fraction of sp³-hybridized carbons (Fsp3) is 0.833. The van der Waals surface area contributed by atoms with E-state index in [9.17, 15) is 22.8 Å². The number of hydrogen-bond acceptors (Lipinski definition) is 2. The van der Waals surface area contributed by atoms with E-state index >= 15 is 0 Å². The van der Waals surface area contributed by atoms with Crippen LogP contribution in [0.25, 0.3) is 0 Å². The van der Waals surface area contributed by atoms with Gasteiger partial charge in [0.15, 0.2) is 0 Å². The van der Waals surface area contributed by atoms with Crippen molar-refractivity contribution < 1.29 is 27.9 Å². The molecular weight excluding hydrogens is 277 g/mol. The van der Waals surface area contributed by atoms with Gasteiger partial charge in [-0.15, -0.1) is 0 Å². The highest BCUT2D eigenvalue weighted by Crippen LogP contribution is 2.40. The Morgan fingerprint density at radius 3 is 2.25 bits per heavy atom. The Bertz CT molecular complexity index is 379. The van der Waals surface area contributed by atoms with Crippen LogP contribution in [0.1, 0.15) is 39.5 Å². The first-order valence-electron chi connectivity index (χ1n) is 6.38. The number of carbonyl (C=O) groups is 2. The lowest BCUT2D eigenvalue weighted by atomic mass is 9.99. The Labute approximate surface area is 114 Å². The van der Waals surface area contributed by atoms with Gasteiger partial charge in [-0.3, -0.25) is 4.79 Å². The van der Waals surface area contributed by atoms with Crippen molar-refractivity contribution in [1.29, 1.82) is 0 Å². The highest BCUT2D eigenvalue weighted by atomic mass is 19.4. The molecule has 8 heteroatoms. The number of halogens is 3. The largest absolute Gasteiger partial charge is 0.481 e. The molecular formula is C12H19F3N2O3. The Hall–Kier alpha value is -1.47. The minimum absolute atomic E-state index is 0.135. The topological polar surface area (TPSA) is 78.4 Å². The van der Waals surface area contributed by atoms with Crippen LogP contribution in [-0.2, 0) is 4.79 Å². The average Bonchev–Trinajstić information content (AvgIpc) is 3.05. The lowest BCUT2D eigenvalue weighted by molar-refractivity contribution is -0.157. The molecule has 0 bridgehead atoms. The molecule has 3 N–H and O–H groups in total. The normalized spacial score (nSPS) is 17.4. The summed E-state index contributed by atoms with van der Waals surface area (Å²) >= 11 is 0. The molecule has 2 amide bonds. The van der Waals surface area contributed by atoms with Gasteiger partial charge in [0.25, 0.3) is 0 Å². The van der Waals surface area contributed by atoms with Gasteiger partial charge in [-0.1, -0.05) is 0 Å². The van der Waals surface area contributed by atoms with Crippen molar-refractivity contribution in [2.75, 3.05) is 0 Å². The number of aliphatic carboxylic acids is 1. The number of nitrogens with one attached hydrogen (secondary N) is 2. The third kappa shape index (κ3) is 5.66. The average molecular weight is 296 g/mol. The molecule has 0 radical (unpaired) electrons. The Kier molecular flexibility index (Phi) is 4.88. The van der Waals surface area contributed by atoms with Crippen molar-refractivity contribution in [3.63, 3.8) is 0 Å². The molecule has 1 aliphatic rings. The van der Waals surface area contributed by atoms with Crippen molar-refractivity contribution in [1.82, 2.24) is 10.6 Å². The smallest absolute Gasteiger partial charge is 0.408 e. The third-order valence-electron chi connectivity index (χ3n) is 3.15. The van der Waals surface area contributed by atoms with Gasteiger partial charge in [-0.05, 0) is 39.0 Å². The van der Waals surface area contributed by atoms with E-state index in [2.05, 4.69) is 5.32 Å². The third-order valence-corrected chi connectivity index (χ3v) is 3.15. The molecule has 1 fully saturated rings. The van der Waals surface area contributed by atoms with Crippen LogP contribution in [0.15, 0.2) is 0 Å². The van der Waals surface area contributed by atoms with E-state index in [-0.39, 0.29) is 12.8 Å². The van der Waals surface area contributed by atoms with Gasteiger partial charge < -0.3 is 15.7 Å². The molecule has 0 aromatic carbocycles. The summed E-state index contributed by atoms with van der Waals surface area (Å²) in [5.74, 6) is -1.57. The second kappa shape index (κ2) is 5.88. The minimum atomic E-state index is -4.47. The number of carboxylic acids is 1. The van der Waals surface area contributed by atoms with Gasteiger partial charge in [0, 0.05) is 12.0 Å². The predicted octanol–water partition coefficient (Wildman–Crippen LogP) is 2.27. The predicted molar refractivity (Wildman–Crippen MR) is 65.2 cm³/mol. The fourth-order valence-corrected chi connectivity index (χ4v) is 1.86. The monoisotopic (exact) mass is 296 g/mol. The Morgan fingerprint density at radius 2 is 1.85 bits per heavy atom. The van der Waals surface area contributed by atoms with Crippen molar-refractivity contribution in [2.45, 2.75) is 57.3 Å². The zero-order chi connectivity index (χ0) is 15.6. The Balaban J connectivity index is 2.51. The summed E-state index contributed by atoms with van der Waals surface area (Å²) in [5.41, 5.74) is -0.887. The number of rotatable bonds is 6. The van der Waals surface area contributed by atoms with Crippen LogP contribution < -0.4 is 10.6 Å². The number of amides is 2. The van der Waals surface area contributed by atoms with Gasteiger partial charge in [0.05, 0.1) is 0 Å². The zero-order valence-electron chi connectivity index (χ0n) is 11.4. The molecule has 0 aliphatic heterocycles. The molecule has 1 unspecified atom stereocenters. The van der Waals surface area contributed by atoms with Crippen molar-refractivity contribution >= 4 is 12.0 Å². The second-order valence-corrected chi connectivity index (χ2v) is 5.73. The first-order valence-corrected chi connectivity index (χ1v) is 6.38. The van der Waals surface area contributed by atoms with Crippen LogP contribution in [0.3, 0.4) is 0 Å². The molecule has 20 heavy (non-hydrogen) atoms. The SMILES string of the molecule is CC(C)(CCC(=O)O)NC(=O)NC(C1CC1)C(F)(F)F. The minimum Gasteiger partial charge on any atom is -0.481 e. The molecule has 116 valence electrons. The van der Waals surface area contributed by atoms with Crippen molar-refractivity contribution in [3.05, 3.63) is 0 Å². The molecule has 1 rings (SSSR count). The van der Waals surface area contributed by atoms with E-state index in [1.807, 2.05) is 5.32 Å². The summed E-state index contributed by atoms with van der Waals surface area (Å²) in [4.78, 5) is 22.1. The van der Waals surface area contributed by atoms with Crippen LogP contribution in [0.2, 0.25) is 0 Å². The maximum absolute atomic E-state index is 12.7. The van der Waals surface area contributed by atoms with Gasteiger partial charge in [0.1, 0.15) is 6.04 Å². The van der Waals surface area contributed by atoms with Crippen LogP contribution in [0.5, 0.6) is 0 Å². The molecule has 5 nitrogen and oxygen atoms in total. The van der Waals surface area contributed by atoms with Crippen LogP contribution in [0, 0.1) is 5.92 Å². The standard InChI is InChI=1S/C12H19F3N2O3/c1-11(2,6-5-8(18)19)17-10(20)16-9(7-3-4-7)12(13,14)15/h7,9H,3-6H2,1-2H3,(H,18,19)(H2,16,17,20). The van der Waals surface area contributed by atoms with E-state index in [1.165, 1.54) is 0 Å². The summed E-state index contributed by atoms with van der Waals surface area (Å²) in [7, 11) is 0. The summed E-state index contributed by atoms with van der Waals surface area (Å²) in [6.45, 7) is 3.13. The van der Waals surface area contributed by atoms with E-state index in [0.29, 0.717) is 12.8 Å².